The van der Waals surface area contributed by atoms with Crippen molar-refractivity contribution >= 4 is 0 Å². The van der Waals surface area contributed by atoms with E-state index in [1.165, 1.54) is 0 Å². The van der Waals surface area contributed by atoms with E-state index in [9.17, 15) is 8.78 Å². The highest BCUT2D eigenvalue weighted by molar-refractivity contribution is 4.86. The molecule has 0 amide bonds. The summed E-state index contributed by atoms with van der Waals surface area (Å²) in [6.07, 6.45) is 0.0127. The molecule has 1 aliphatic rings. The second-order valence-electron chi connectivity index (χ2n) is 2.98. The molecule has 66 valence electrons. The number of hydrogen-bond acceptors (Lipinski definition) is 2. The third kappa shape index (κ3) is 3.12. The van der Waals surface area contributed by atoms with Gasteiger partial charge in [-0.3, -0.25) is 0 Å². The molecule has 0 spiro atoms. The molecule has 4 heteroatoms. The molecule has 1 unspecified atom stereocenters. The van der Waals surface area contributed by atoms with Crippen LogP contribution in [0.15, 0.2) is 0 Å². The topological polar surface area (TPSA) is 38.0 Å². The van der Waals surface area contributed by atoms with E-state index in [4.69, 9.17) is 5.73 Å². The first-order valence-corrected chi connectivity index (χ1v) is 3.95. The molecule has 0 saturated heterocycles. The van der Waals surface area contributed by atoms with Gasteiger partial charge in [-0.15, -0.1) is 0 Å². The average molecular weight is 164 g/mol. The predicted octanol–water partition coefficient (Wildman–Crippen LogP) is 0.578. The summed E-state index contributed by atoms with van der Waals surface area (Å²) in [6, 6.07) is 0.115. The maximum absolute atomic E-state index is 11.7. The highest BCUT2D eigenvalue weighted by Crippen LogP contribution is 2.32. The van der Waals surface area contributed by atoms with E-state index < -0.39 is 6.43 Å². The molecule has 2 nitrogen and oxygen atoms in total. The third-order valence-electron chi connectivity index (χ3n) is 1.98. The minimum Gasteiger partial charge on any atom is -0.329 e. The van der Waals surface area contributed by atoms with Gasteiger partial charge < -0.3 is 11.1 Å². The quantitative estimate of drug-likeness (QED) is 0.623. The molecule has 0 aromatic carbocycles. The van der Waals surface area contributed by atoms with Crippen LogP contribution in [-0.2, 0) is 0 Å². The summed E-state index contributed by atoms with van der Waals surface area (Å²) in [5.74, 6) is 0.554. The first-order valence-electron chi connectivity index (χ1n) is 3.95. The first-order chi connectivity index (χ1) is 5.24. The van der Waals surface area contributed by atoms with Crippen molar-refractivity contribution in [2.24, 2.45) is 11.7 Å². The maximum Gasteiger partial charge on any atom is 0.250 e. The van der Waals surface area contributed by atoms with Crippen molar-refractivity contribution in [2.45, 2.75) is 25.3 Å². The summed E-state index contributed by atoms with van der Waals surface area (Å²) in [5.41, 5.74) is 5.39. The van der Waals surface area contributed by atoms with Crippen LogP contribution in [0.4, 0.5) is 8.78 Å². The fourth-order valence-electron chi connectivity index (χ4n) is 1.18. The zero-order valence-corrected chi connectivity index (χ0v) is 6.39. The standard InChI is InChI=1S/C7H14F2N2/c8-7(9)4-11-6(3-10)5-1-2-5/h5-7,11H,1-4,10H2. The molecule has 0 aromatic rings. The van der Waals surface area contributed by atoms with Crippen molar-refractivity contribution in [1.82, 2.24) is 5.32 Å². The van der Waals surface area contributed by atoms with Crippen molar-refractivity contribution in [1.29, 1.82) is 0 Å². The third-order valence-corrected chi connectivity index (χ3v) is 1.98. The van der Waals surface area contributed by atoms with Crippen LogP contribution in [0.3, 0.4) is 0 Å². The molecule has 0 aromatic heterocycles. The van der Waals surface area contributed by atoms with Crippen molar-refractivity contribution in [2.75, 3.05) is 13.1 Å². The molecule has 1 saturated carbocycles. The second-order valence-corrected chi connectivity index (χ2v) is 2.98. The lowest BCUT2D eigenvalue weighted by molar-refractivity contribution is 0.140. The lowest BCUT2D eigenvalue weighted by Gasteiger charge is -2.14. The van der Waals surface area contributed by atoms with E-state index in [0.29, 0.717) is 12.5 Å². The maximum atomic E-state index is 11.7. The number of hydrogen-bond donors (Lipinski definition) is 2. The number of nitrogens with one attached hydrogen (secondary N) is 1. The molecular formula is C7H14F2N2. The van der Waals surface area contributed by atoms with Gasteiger partial charge >= 0.3 is 0 Å². The Bertz CT molecular complexity index is 115. The van der Waals surface area contributed by atoms with Crippen LogP contribution < -0.4 is 11.1 Å². The fourth-order valence-corrected chi connectivity index (χ4v) is 1.18. The van der Waals surface area contributed by atoms with E-state index in [0.717, 1.165) is 12.8 Å². The van der Waals surface area contributed by atoms with Gasteiger partial charge in [0.15, 0.2) is 0 Å². The zero-order valence-electron chi connectivity index (χ0n) is 6.39. The smallest absolute Gasteiger partial charge is 0.250 e. The van der Waals surface area contributed by atoms with Gasteiger partial charge in [0.1, 0.15) is 0 Å². The van der Waals surface area contributed by atoms with Crippen LogP contribution in [0.25, 0.3) is 0 Å². The van der Waals surface area contributed by atoms with Crippen molar-refractivity contribution in [3.63, 3.8) is 0 Å². The number of rotatable bonds is 5. The van der Waals surface area contributed by atoms with E-state index in [-0.39, 0.29) is 12.6 Å². The van der Waals surface area contributed by atoms with E-state index in [1.807, 2.05) is 0 Å². The van der Waals surface area contributed by atoms with Gasteiger partial charge in [-0.25, -0.2) is 8.78 Å². The Morgan fingerprint density at radius 3 is 2.45 bits per heavy atom. The Morgan fingerprint density at radius 1 is 1.45 bits per heavy atom. The number of halogens is 2. The molecular weight excluding hydrogens is 150 g/mol. The van der Waals surface area contributed by atoms with Crippen LogP contribution in [0.2, 0.25) is 0 Å². The van der Waals surface area contributed by atoms with Crippen LogP contribution in [-0.4, -0.2) is 25.6 Å². The van der Waals surface area contributed by atoms with Gasteiger partial charge in [-0.1, -0.05) is 0 Å². The zero-order chi connectivity index (χ0) is 8.27. The molecule has 0 heterocycles. The monoisotopic (exact) mass is 164 g/mol. The average Bonchev–Trinajstić information content (AvgIpc) is 2.72. The van der Waals surface area contributed by atoms with Gasteiger partial charge in [0.2, 0.25) is 0 Å². The predicted molar refractivity (Wildman–Crippen MR) is 39.6 cm³/mol. The van der Waals surface area contributed by atoms with Gasteiger partial charge in [0.25, 0.3) is 6.43 Å². The van der Waals surface area contributed by atoms with Gasteiger partial charge in [-0.2, -0.15) is 0 Å². The summed E-state index contributed by atoms with van der Waals surface area (Å²) in [7, 11) is 0. The molecule has 0 bridgehead atoms. The molecule has 11 heavy (non-hydrogen) atoms. The second kappa shape index (κ2) is 3.97. The molecule has 1 fully saturated rings. The molecule has 3 N–H and O–H groups in total. The summed E-state index contributed by atoms with van der Waals surface area (Å²) < 4.78 is 23.4. The van der Waals surface area contributed by atoms with Crippen LogP contribution in [0.1, 0.15) is 12.8 Å². The molecule has 0 aliphatic heterocycles. The SMILES string of the molecule is NCC(NCC(F)F)C1CC1. The van der Waals surface area contributed by atoms with Crippen molar-refractivity contribution in [3.05, 3.63) is 0 Å². The Kier molecular flexibility index (Phi) is 3.20. The summed E-state index contributed by atoms with van der Waals surface area (Å²) in [5, 5.41) is 2.76. The normalized spacial score (nSPS) is 20.7. The van der Waals surface area contributed by atoms with Crippen molar-refractivity contribution in [3.8, 4) is 0 Å². The van der Waals surface area contributed by atoms with Crippen molar-refractivity contribution < 1.29 is 8.78 Å². The Hall–Kier alpha value is -0.220. The van der Waals surface area contributed by atoms with Gasteiger partial charge in [0, 0.05) is 12.6 Å². The van der Waals surface area contributed by atoms with E-state index >= 15 is 0 Å². The van der Waals surface area contributed by atoms with E-state index in [1.54, 1.807) is 0 Å². The Morgan fingerprint density at radius 2 is 2.09 bits per heavy atom. The summed E-state index contributed by atoms with van der Waals surface area (Å²) in [4.78, 5) is 0. The van der Waals surface area contributed by atoms with Gasteiger partial charge in [0.05, 0.1) is 6.54 Å². The highest BCUT2D eigenvalue weighted by atomic mass is 19.3. The number of alkyl halides is 2. The van der Waals surface area contributed by atoms with Gasteiger partial charge in [-0.05, 0) is 18.8 Å². The summed E-state index contributed by atoms with van der Waals surface area (Å²) in [6.45, 7) is 0.246. The molecule has 0 radical (unpaired) electrons. The Balaban J connectivity index is 2.10. The molecule has 1 aliphatic carbocycles. The van der Waals surface area contributed by atoms with Crippen LogP contribution >= 0.6 is 0 Å². The molecule has 1 atom stereocenters. The largest absolute Gasteiger partial charge is 0.329 e. The minimum absolute atomic E-state index is 0.115. The van der Waals surface area contributed by atoms with Crippen LogP contribution in [0.5, 0.6) is 0 Å². The summed E-state index contributed by atoms with van der Waals surface area (Å²) >= 11 is 0. The fraction of sp³-hybridized carbons (Fsp3) is 1.00. The first kappa shape index (κ1) is 8.87. The molecule has 1 rings (SSSR count). The lowest BCUT2D eigenvalue weighted by Crippen LogP contribution is -2.40. The highest BCUT2D eigenvalue weighted by Gasteiger charge is 2.30. The Labute approximate surface area is 65.1 Å². The minimum atomic E-state index is -2.26. The number of nitrogens with two attached hydrogens (primary N) is 1. The lowest BCUT2D eigenvalue weighted by atomic mass is 10.2. The van der Waals surface area contributed by atoms with E-state index in [2.05, 4.69) is 5.32 Å². The van der Waals surface area contributed by atoms with Crippen LogP contribution in [0, 0.1) is 5.92 Å².